The van der Waals surface area contributed by atoms with E-state index in [4.69, 9.17) is 4.42 Å². The van der Waals surface area contributed by atoms with Crippen LogP contribution in [-0.4, -0.2) is 0 Å². The molecule has 0 amide bonds. The van der Waals surface area contributed by atoms with Gasteiger partial charge in [0.2, 0.25) is 0 Å². The number of aryl methyl sites for hydroxylation is 2. The van der Waals surface area contributed by atoms with Crippen LogP contribution in [0.4, 0.5) is 0 Å². The number of hydrogen-bond donors (Lipinski definition) is 0. The molecule has 1 nitrogen and oxygen atoms in total. The van der Waals surface area contributed by atoms with Crippen molar-refractivity contribution >= 4 is 64.2 Å². The van der Waals surface area contributed by atoms with Crippen molar-refractivity contribution in [2.24, 2.45) is 0 Å². The quantitative estimate of drug-likeness (QED) is 0.123. The lowest BCUT2D eigenvalue weighted by Gasteiger charge is -2.03. The van der Waals surface area contributed by atoms with Gasteiger partial charge in [-0.1, -0.05) is 114 Å². The minimum atomic E-state index is 1.03. The molecule has 0 unspecified atom stereocenters. The Labute approximate surface area is 243 Å². The molecule has 6 aromatic rings. The largest absolute Gasteiger partial charge is 0.455 e. The van der Waals surface area contributed by atoms with Gasteiger partial charge in [-0.25, -0.2) is 0 Å². The Balaban J connectivity index is 1.26. The lowest BCUT2D eigenvalue weighted by atomic mass is 10.0. The highest BCUT2D eigenvalue weighted by molar-refractivity contribution is 7.26. The van der Waals surface area contributed by atoms with Crippen LogP contribution in [-0.2, 0) is 12.8 Å². The summed E-state index contributed by atoms with van der Waals surface area (Å²) in [7, 11) is 0. The Morgan fingerprint density at radius 3 is 1.68 bits per heavy atom. The molecule has 0 aliphatic rings. The molecule has 0 saturated heterocycles. The Morgan fingerprint density at radius 2 is 1.00 bits per heavy atom. The summed E-state index contributed by atoms with van der Waals surface area (Å²) in [5, 5.41) is 7.77. The summed E-state index contributed by atoms with van der Waals surface area (Å²) in [6.07, 6.45) is 18.5. The summed E-state index contributed by atoms with van der Waals surface area (Å²) in [6, 6.07) is 23.3. The summed E-state index contributed by atoms with van der Waals surface area (Å²) < 4.78 is 9.39. The Morgan fingerprint density at radius 1 is 0.500 bits per heavy atom. The first-order valence-corrected chi connectivity index (χ1v) is 16.8. The average Bonchev–Trinajstić information content (AvgIpc) is 3.54. The molecular weight excluding hydrogens is 504 g/mol. The second-order valence-electron chi connectivity index (χ2n) is 11.9. The topological polar surface area (TPSA) is 13.1 Å². The third-order valence-corrected chi connectivity index (χ3v) is 10.0. The summed E-state index contributed by atoms with van der Waals surface area (Å²) in [4.78, 5) is 0. The van der Waals surface area contributed by atoms with Gasteiger partial charge in [0.15, 0.2) is 0 Å². The van der Waals surface area contributed by atoms with E-state index in [1.54, 1.807) is 0 Å². The van der Waals surface area contributed by atoms with E-state index in [1.807, 2.05) is 11.3 Å². The summed E-state index contributed by atoms with van der Waals surface area (Å²) in [6.45, 7) is 4.57. The molecule has 0 fully saturated rings. The molecule has 2 aromatic heterocycles. The zero-order chi connectivity index (χ0) is 27.3. The first-order chi connectivity index (χ1) is 19.8. The fourth-order valence-electron chi connectivity index (χ4n) is 6.49. The van der Waals surface area contributed by atoms with Gasteiger partial charge in [0, 0.05) is 41.7 Å². The molecular formula is C38H44OS. The molecule has 2 heteroatoms. The van der Waals surface area contributed by atoms with Crippen molar-refractivity contribution in [2.45, 2.75) is 104 Å². The van der Waals surface area contributed by atoms with Crippen molar-refractivity contribution in [3.8, 4) is 0 Å². The third kappa shape index (κ3) is 5.66. The maximum Gasteiger partial charge on any atom is 0.143 e. The monoisotopic (exact) mass is 548 g/mol. The summed E-state index contributed by atoms with van der Waals surface area (Å²) >= 11 is 1.95. The van der Waals surface area contributed by atoms with Crippen LogP contribution in [0.1, 0.15) is 102 Å². The van der Waals surface area contributed by atoms with E-state index in [9.17, 15) is 0 Å². The maximum atomic E-state index is 6.59. The number of rotatable bonds is 14. The lowest BCUT2D eigenvalue weighted by Crippen LogP contribution is -1.86. The fraction of sp³-hybridized carbons (Fsp3) is 0.421. The molecule has 0 aliphatic carbocycles. The van der Waals surface area contributed by atoms with Crippen LogP contribution in [0.5, 0.6) is 0 Å². The van der Waals surface area contributed by atoms with E-state index >= 15 is 0 Å². The van der Waals surface area contributed by atoms with Crippen LogP contribution in [0.2, 0.25) is 0 Å². The number of hydrogen-bond acceptors (Lipinski definition) is 2. The van der Waals surface area contributed by atoms with E-state index in [2.05, 4.69) is 74.5 Å². The van der Waals surface area contributed by atoms with Gasteiger partial charge >= 0.3 is 0 Å². The molecule has 0 atom stereocenters. The molecule has 0 bridgehead atoms. The maximum absolute atomic E-state index is 6.59. The average molecular weight is 549 g/mol. The molecule has 40 heavy (non-hydrogen) atoms. The standard InChI is InChI=1S/C38H44OS/c1-3-5-7-9-11-13-15-27-17-19-29-31-21-24-34-32(37(31)39-35(29)25-27)22-23-33-30-20-18-28(26-36(30)40-38(33)34)16-14-12-10-8-6-4-2/h17-26H,3-16H2,1-2H3. The van der Waals surface area contributed by atoms with Gasteiger partial charge in [-0.15, -0.1) is 11.3 Å². The second kappa shape index (κ2) is 12.8. The molecule has 208 valence electrons. The minimum Gasteiger partial charge on any atom is -0.455 e. The van der Waals surface area contributed by atoms with Crippen LogP contribution >= 0.6 is 11.3 Å². The van der Waals surface area contributed by atoms with Crippen molar-refractivity contribution in [3.63, 3.8) is 0 Å². The van der Waals surface area contributed by atoms with Crippen LogP contribution in [0.3, 0.4) is 0 Å². The number of thiophene rings is 1. The predicted octanol–water partition coefficient (Wildman–Crippen LogP) is 12.9. The zero-order valence-corrected chi connectivity index (χ0v) is 25.3. The Kier molecular flexibility index (Phi) is 8.73. The normalized spacial score (nSPS) is 12.2. The predicted molar refractivity (Wildman–Crippen MR) is 178 cm³/mol. The van der Waals surface area contributed by atoms with Crippen molar-refractivity contribution < 1.29 is 4.42 Å². The van der Waals surface area contributed by atoms with Crippen LogP contribution < -0.4 is 0 Å². The Bertz CT molecular complexity index is 1600. The van der Waals surface area contributed by atoms with E-state index in [1.165, 1.54) is 136 Å². The van der Waals surface area contributed by atoms with Gasteiger partial charge in [-0.2, -0.15) is 0 Å². The lowest BCUT2D eigenvalue weighted by molar-refractivity contribution is 0.607. The minimum absolute atomic E-state index is 1.03. The smallest absolute Gasteiger partial charge is 0.143 e. The van der Waals surface area contributed by atoms with E-state index < -0.39 is 0 Å². The van der Waals surface area contributed by atoms with Crippen LogP contribution in [0.15, 0.2) is 65.1 Å². The van der Waals surface area contributed by atoms with Crippen molar-refractivity contribution in [1.82, 2.24) is 0 Å². The third-order valence-electron chi connectivity index (χ3n) is 8.84. The highest BCUT2D eigenvalue weighted by atomic mass is 32.1. The van der Waals surface area contributed by atoms with E-state index in [0.29, 0.717) is 0 Å². The van der Waals surface area contributed by atoms with E-state index in [0.717, 1.165) is 17.6 Å². The second-order valence-corrected chi connectivity index (χ2v) is 12.9. The first-order valence-electron chi connectivity index (χ1n) is 16.0. The van der Waals surface area contributed by atoms with Gasteiger partial charge in [-0.05, 0) is 61.1 Å². The molecule has 0 spiro atoms. The number of furan rings is 1. The van der Waals surface area contributed by atoms with Crippen molar-refractivity contribution in [1.29, 1.82) is 0 Å². The van der Waals surface area contributed by atoms with Gasteiger partial charge in [-0.3, -0.25) is 0 Å². The van der Waals surface area contributed by atoms with Crippen molar-refractivity contribution in [3.05, 3.63) is 71.8 Å². The summed E-state index contributed by atoms with van der Waals surface area (Å²) in [5.41, 5.74) is 4.94. The number of unbranched alkanes of at least 4 members (excludes halogenated alkanes) is 10. The van der Waals surface area contributed by atoms with Gasteiger partial charge < -0.3 is 4.42 Å². The van der Waals surface area contributed by atoms with Gasteiger partial charge in [0.05, 0.1) is 0 Å². The zero-order valence-electron chi connectivity index (χ0n) is 24.5. The van der Waals surface area contributed by atoms with Crippen molar-refractivity contribution in [2.75, 3.05) is 0 Å². The SMILES string of the molecule is CCCCCCCCc1ccc2c(c1)oc1c2ccc2c1ccc1c3ccc(CCCCCCCC)cc3sc12. The molecule has 0 N–H and O–H groups in total. The fourth-order valence-corrected chi connectivity index (χ4v) is 7.79. The molecule has 4 aromatic carbocycles. The Hall–Kier alpha value is -2.84. The van der Waals surface area contributed by atoms with Gasteiger partial charge in [0.1, 0.15) is 11.2 Å². The van der Waals surface area contributed by atoms with Crippen LogP contribution in [0, 0.1) is 0 Å². The van der Waals surface area contributed by atoms with Crippen LogP contribution in [0.25, 0.3) is 52.9 Å². The first kappa shape index (κ1) is 27.3. The molecule has 0 saturated carbocycles. The summed E-state index contributed by atoms with van der Waals surface area (Å²) in [5.74, 6) is 0. The number of benzene rings is 4. The highest BCUT2D eigenvalue weighted by Crippen LogP contribution is 2.42. The number of fused-ring (bicyclic) bond motifs is 9. The highest BCUT2D eigenvalue weighted by Gasteiger charge is 2.15. The molecule has 0 aliphatic heterocycles. The molecule has 6 rings (SSSR count). The van der Waals surface area contributed by atoms with Gasteiger partial charge in [0.25, 0.3) is 0 Å². The molecule has 2 heterocycles. The van der Waals surface area contributed by atoms with E-state index in [-0.39, 0.29) is 0 Å². The molecule has 0 radical (unpaired) electrons.